The van der Waals surface area contributed by atoms with E-state index in [0.717, 1.165) is 37.1 Å². The highest BCUT2D eigenvalue weighted by Gasteiger charge is 2.30. The number of carbonyl (C=O) groups excluding carboxylic acids is 2. The van der Waals surface area contributed by atoms with Gasteiger partial charge in [0.25, 0.3) is 5.91 Å². The van der Waals surface area contributed by atoms with E-state index in [2.05, 4.69) is 5.32 Å². The molecule has 1 aromatic heterocycles. The molecule has 1 atom stereocenters. The second-order valence-electron chi connectivity index (χ2n) is 10.3. The third-order valence-corrected chi connectivity index (χ3v) is 9.57. The first kappa shape index (κ1) is 28.3. The van der Waals surface area contributed by atoms with Crippen LogP contribution in [0.2, 0.25) is 0 Å². The van der Waals surface area contributed by atoms with Crippen LogP contribution >= 0.6 is 0 Å². The second kappa shape index (κ2) is 12.9. The SMILES string of the molecule is CCc1nn(C[C@@H](C)COC(=O)c2ccc(S(=O)(=O)C3CCCC3)cc2)c2c1C(=O)NCCCOCCC2. The molecule has 1 N–H and O–H groups in total. The topological polar surface area (TPSA) is 117 Å². The zero-order valence-corrected chi connectivity index (χ0v) is 23.2. The Morgan fingerprint density at radius 3 is 2.58 bits per heavy atom. The molecule has 2 aliphatic rings. The Morgan fingerprint density at radius 2 is 1.87 bits per heavy atom. The molecule has 0 bridgehead atoms. The average molecular weight is 546 g/mol. The maximum atomic E-state index is 12.9. The van der Waals surface area contributed by atoms with Gasteiger partial charge in [0.2, 0.25) is 0 Å². The van der Waals surface area contributed by atoms with Crippen molar-refractivity contribution < 1.29 is 27.5 Å². The number of carbonyl (C=O) groups is 2. The van der Waals surface area contributed by atoms with Crippen molar-refractivity contribution in [1.82, 2.24) is 15.1 Å². The van der Waals surface area contributed by atoms with E-state index in [1.165, 1.54) is 24.3 Å². The number of fused-ring (bicyclic) bond motifs is 1. The number of aryl methyl sites for hydroxylation is 1. The molecule has 10 heteroatoms. The van der Waals surface area contributed by atoms with Gasteiger partial charge in [0.1, 0.15) is 0 Å². The van der Waals surface area contributed by atoms with Crippen LogP contribution in [-0.2, 0) is 38.7 Å². The predicted molar refractivity (Wildman–Crippen MR) is 143 cm³/mol. The van der Waals surface area contributed by atoms with Gasteiger partial charge in [-0.3, -0.25) is 9.48 Å². The van der Waals surface area contributed by atoms with Crippen LogP contribution in [0, 0.1) is 5.92 Å². The maximum absolute atomic E-state index is 12.9. The summed E-state index contributed by atoms with van der Waals surface area (Å²) in [5.41, 5.74) is 2.64. The maximum Gasteiger partial charge on any atom is 0.338 e. The second-order valence-corrected chi connectivity index (χ2v) is 12.5. The van der Waals surface area contributed by atoms with Crippen LogP contribution in [0.4, 0.5) is 0 Å². The molecule has 2 heterocycles. The molecule has 1 aliphatic heterocycles. The molecule has 1 aromatic carbocycles. The molecule has 208 valence electrons. The molecular formula is C28H39N3O6S. The molecule has 0 spiro atoms. The standard InChI is InChI=1S/C28H39N3O6S/c1-3-24-26-25(10-6-16-36-17-7-15-29-27(26)32)31(30-24)18-20(2)19-37-28(33)21-11-13-23(14-12-21)38(34,35)22-8-4-5-9-22/h11-14,20,22H,3-10,15-19H2,1-2H3,(H,29,32)/t20-/m1/s1. The van der Waals surface area contributed by atoms with Gasteiger partial charge in [-0.2, -0.15) is 5.10 Å². The molecule has 0 unspecified atom stereocenters. The van der Waals surface area contributed by atoms with E-state index in [-0.39, 0.29) is 28.6 Å². The molecule has 1 aliphatic carbocycles. The lowest BCUT2D eigenvalue weighted by atomic mass is 10.1. The van der Waals surface area contributed by atoms with E-state index in [1.54, 1.807) is 0 Å². The minimum atomic E-state index is -3.36. The van der Waals surface area contributed by atoms with Gasteiger partial charge in [0.15, 0.2) is 9.84 Å². The Balaban J connectivity index is 1.39. The molecule has 4 rings (SSSR count). The van der Waals surface area contributed by atoms with Crippen LogP contribution in [0.25, 0.3) is 0 Å². The lowest BCUT2D eigenvalue weighted by Crippen LogP contribution is -2.27. The Kier molecular flexibility index (Phi) is 9.59. The van der Waals surface area contributed by atoms with E-state index in [1.807, 2.05) is 18.5 Å². The van der Waals surface area contributed by atoms with Crippen LogP contribution in [0.15, 0.2) is 29.2 Å². The van der Waals surface area contributed by atoms with Crippen molar-refractivity contribution >= 4 is 21.7 Å². The van der Waals surface area contributed by atoms with Gasteiger partial charge >= 0.3 is 5.97 Å². The fourth-order valence-corrected chi connectivity index (χ4v) is 7.05. The number of aromatic nitrogens is 2. The normalized spacial score (nSPS) is 18.3. The first-order valence-electron chi connectivity index (χ1n) is 13.8. The molecule has 38 heavy (non-hydrogen) atoms. The van der Waals surface area contributed by atoms with Crippen molar-refractivity contribution in [3.63, 3.8) is 0 Å². The van der Waals surface area contributed by atoms with Gasteiger partial charge in [-0.25, -0.2) is 13.2 Å². The average Bonchev–Trinajstić information content (AvgIpc) is 3.57. The minimum Gasteiger partial charge on any atom is -0.462 e. The summed E-state index contributed by atoms with van der Waals surface area (Å²) < 4.78 is 38.7. The number of nitrogens with one attached hydrogen (secondary N) is 1. The summed E-state index contributed by atoms with van der Waals surface area (Å²) in [6.07, 6.45) is 6.17. The lowest BCUT2D eigenvalue weighted by molar-refractivity contribution is 0.0435. The van der Waals surface area contributed by atoms with Crippen LogP contribution in [0.5, 0.6) is 0 Å². The van der Waals surface area contributed by atoms with Crippen molar-refractivity contribution in [3.8, 4) is 0 Å². The molecule has 1 fully saturated rings. The number of hydrogen-bond donors (Lipinski definition) is 1. The Hall–Kier alpha value is -2.72. The van der Waals surface area contributed by atoms with Gasteiger partial charge in [-0.1, -0.05) is 26.7 Å². The Morgan fingerprint density at radius 1 is 1.16 bits per heavy atom. The fraction of sp³-hybridized carbons (Fsp3) is 0.607. The lowest BCUT2D eigenvalue weighted by Gasteiger charge is -2.15. The van der Waals surface area contributed by atoms with E-state index in [0.29, 0.717) is 63.1 Å². The summed E-state index contributed by atoms with van der Waals surface area (Å²) in [6.45, 7) is 6.46. The largest absolute Gasteiger partial charge is 0.462 e. The molecular weight excluding hydrogens is 506 g/mol. The van der Waals surface area contributed by atoms with Crippen molar-refractivity contribution in [1.29, 1.82) is 0 Å². The third-order valence-electron chi connectivity index (χ3n) is 7.29. The number of rotatable bonds is 8. The first-order valence-corrected chi connectivity index (χ1v) is 15.3. The summed E-state index contributed by atoms with van der Waals surface area (Å²) in [4.78, 5) is 25.9. The highest BCUT2D eigenvalue weighted by atomic mass is 32.2. The van der Waals surface area contributed by atoms with Crippen LogP contribution in [-0.4, -0.2) is 61.7 Å². The van der Waals surface area contributed by atoms with Gasteiger partial charge in [0, 0.05) is 32.2 Å². The highest BCUT2D eigenvalue weighted by molar-refractivity contribution is 7.92. The van der Waals surface area contributed by atoms with Crippen molar-refractivity contribution in [2.45, 2.75) is 81.9 Å². The van der Waals surface area contributed by atoms with Crippen molar-refractivity contribution in [2.75, 3.05) is 26.4 Å². The van der Waals surface area contributed by atoms with Gasteiger partial charge < -0.3 is 14.8 Å². The van der Waals surface area contributed by atoms with Crippen LogP contribution < -0.4 is 5.32 Å². The molecule has 0 radical (unpaired) electrons. The summed E-state index contributed by atoms with van der Waals surface area (Å²) in [5, 5.41) is 7.40. The number of nitrogens with zero attached hydrogens (tertiary/aromatic N) is 2. The number of sulfone groups is 1. The smallest absolute Gasteiger partial charge is 0.338 e. The van der Waals surface area contributed by atoms with Crippen molar-refractivity contribution in [2.24, 2.45) is 5.92 Å². The molecule has 9 nitrogen and oxygen atoms in total. The Bertz CT molecular complexity index is 1220. The molecule has 1 amide bonds. The van der Waals surface area contributed by atoms with Gasteiger partial charge in [-0.05, 0) is 62.8 Å². The highest BCUT2D eigenvalue weighted by Crippen LogP contribution is 2.29. The predicted octanol–water partition coefficient (Wildman–Crippen LogP) is 3.74. The number of benzene rings is 1. The van der Waals surface area contributed by atoms with E-state index < -0.39 is 15.8 Å². The summed E-state index contributed by atoms with van der Waals surface area (Å²) in [6, 6.07) is 6.05. The quantitative estimate of drug-likeness (QED) is 0.502. The molecule has 0 saturated heterocycles. The monoisotopic (exact) mass is 545 g/mol. The third kappa shape index (κ3) is 6.64. The summed E-state index contributed by atoms with van der Waals surface area (Å²) in [5.74, 6) is -0.637. The van der Waals surface area contributed by atoms with E-state index in [9.17, 15) is 18.0 Å². The summed E-state index contributed by atoms with van der Waals surface area (Å²) in [7, 11) is -3.36. The van der Waals surface area contributed by atoms with E-state index >= 15 is 0 Å². The number of hydrogen-bond acceptors (Lipinski definition) is 7. The van der Waals surface area contributed by atoms with Crippen LogP contribution in [0.1, 0.15) is 84.5 Å². The number of amides is 1. The van der Waals surface area contributed by atoms with Crippen LogP contribution in [0.3, 0.4) is 0 Å². The Labute approximate surface area is 225 Å². The number of ether oxygens (including phenoxy) is 2. The van der Waals surface area contributed by atoms with Gasteiger partial charge in [0.05, 0.1) is 39.3 Å². The minimum absolute atomic E-state index is 0.0489. The zero-order chi connectivity index (χ0) is 27.1. The fourth-order valence-electron chi connectivity index (χ4n) is 5.20. The van der Waals surface area contributed by atoms with Crippen molar-refractivity contribution in [3.05, 3.63) is 46.8 Å². The molecule has 1 saturated carbocycles. The van der Waals surface area contributed by atoms with E-state index in [4.69, 9.17) is 14.6 Å². The zero-order valence-electron chi connectivity index (χ0n) is 22.4. The number of esters is 1. The van der Waals surface area contributed by atoms with Gasteiger partial charge in [-0.15, -0.1) is 0 Å². The first-order chi connectivity index (χ1) is 18.3. The summed E-state index contributed by atoms with van der Waals surface area (Å²) >= 11 is 0. The molecule has 2 aromatic rings.